The zero-order valence-corrected chi connectivity index (χ0v) is 25.6. The molecular weight excluding hydrogens is 667 g/mol. The number of ether oxygens (including phenoxy) is 2. The second-order valence-corrected chi connectivity index (χ2v) is 15.7. The maximum Gasteiger partial charge on any atom is 0.325 e. The molecule has 4 aromatic rings. The van der Waals surface area contributed by atoms with E-state index in [4.69, 9.17) is 62.6 Å². The van der Waals surface area contributed by atoms with E-state index in [0.29, 0.717) is 11.0 Å². The van der Waals surface area contributed by atoms with Crippen LogP contribution in [-0.4, -0.2) is 87.6 Å². The van der Waals surface area contributed by atoms with Gasteiger partial charge in [0, 0.05) is 12.6 Å². The fraction of sp³-hybridized carbons (Fsp3) is 0.476. The van der Waals surface area contributed by atoms with Crippen LogP contribution in [0.1, 0.15) is 18.9 Å². The van der Waals surface area contributed by atoms with Gasteiger partial charge in [-0.1, -0.05) is 0 Å². The number of alkyl halides is 1. The van der Waals surface area contributed by atoms with Crippen LogP contribution in [-0.2, 0) is 51.2 Å². The molecule has 0 aliphatic carbocycles. The number of nitrogens with two attached hydrogens (primary N) is 2. The third kappa shape index (κ3) is 5.46. The Bertz CT molecular complexity index is 1910. The van der Waals surface area contributed by atoms with Crippen LogP contribution in [0.15, 0.2) is 29.7 Å². The maximum absolute atomic E-state index is 16.0. The lowest BCUT2D eigenvalue weighted by molar-refractivity contribution is -0.0596. The normalized spacial score (nSPS) is 36.6. The van der Waals surface area contributed by atoms with Crippen LogP contribution in [0, 0.1) is 0 Å². The van der Waals surface area contributed by atoms with Crippen LogP contribution in [0.4, 0.5) is 16.2 Å². The van der Waals surface area contributed by atoms with Gasteiger partial charge < -0.3 is 48.9 Å². The molecule has 4 aromatic heterocycles. The zero-order chi connectivity index (χ0) is 31.0. The minimum Gasteiger partial charge on any atom is -0.383 e. The quantitative estimate of drug-likeness (QED) is 0.180. The number of anilines is 2. The first-order chi connectivity index (χ1) is 20.9. The molecule has 9 atom stereocenters. The number of halogens is 1. The first kappa shape index (κ1) is 30.2. The fourth-order valence-corrected chi connectivity index (χ4v) is 8.30. The van der Waals surface area contributed by atoms with E-state index in [9.17, 15) is 14.6 Å². The van der Waals surface area contributed by atoms with Gasteiger partial charge in [0.2, 0.25) is 5.95 Å². The Balaban J connectivity index is 1.19. The molecule has 0 radical (unpaired) electrons. The standard InChI is InChI=1S/C21H24FN9O9P2S2/c22-12-14-11(38-20(12)30-2-1-9-15(23)25-6-26-16(9)30)5-36-41(33,43)39-10-3-8(4-35-42(34,44)40-14)37-19(10)31-7-27-13-17(31)28-21(24)29-18(13)32/h1-2,6-8,10-12,14,19-20H,3-5H2,(H,33,43)(H,34,44)(H2,23,25,26)(H3,24,28,29,32)/t8-,10+,11+,12-,14+,19+,20+,41+,42+/m0/s1. The summed E-state index contributed by atoms with van der Waals surface area (Å²) in [6.45, 7) is -8.98. The number of aromatic nitrogens is 7. The van der Waals surface area contributed by atoms with Crippen molar-refractivity contribution in [3.05, 3.63) is 35.3 Å². The van der Waals surface area contributed by atoms with Gasteiger partial charge in [-0.2, -0.15) is 4.98 Å². The second-order valence-electron chi connectivity index (χ2n) is 10.1. The van der Waals surface area contributed by atoms with E-state index in [-0.39, 0.29) is 36.0 Å². The molecule has 0 unspecified atom stereocenters. The summed E-state index contributed by atoms with van der Waals surface area (Å²) in [7, 11) is 0. The SMILES string of the molecule is Nc1nc2c(ncn2[C@@H]2O[C@@H]3CO[P@@](O)(=S)O[C@H]4[C@H](F)[C@H](n5ccc6c(N)ncnc65)O[C@@H]4CO[P@@](O)(=S)O[C@@H]2C3)c(=O)[nH]1. The largest absolute Gasteiger partial charge is 0.383 e. The molecule has 0 amide bonds. The number of hydrogen-bond acceptors (Lipinski definition) is 15. The molecule has 0 spiro atoms. The fourth-order valence-electron chi connectivity index (χ4n) is 5.40. The van der Waals surface area contributed by atoms with Crippen molar-refractivity contribution in [3.8, 4) is 0 Å². The summed E-state index contributed by atoms with van der Waals surface area (Å²) in [6, 6.07) is 1.60. The molecule has 236 valence electrons. The number of rotatable bonds is 2. The van der Waals surface area contributed by atoms with Gasteiger partial charge >= 0.3 is 13.4 Å². The minimum atomic E-state index is -4.11. The van der Waals surface area contributed by atoms with Crippen LogP contribution >= 0.6 is 13.4 Å². The van der Waals surface area contributed by atoms with Crippen LogP contribution in [0.5, 0.6) is 0 Å². The number of aromatic amines is 1. The molecule has 3 aliphatic heterocycles. The Morgan fingerprint density at radius 1 is 1.00 bits per heavy atom. The molecule has 23 heteroatoms. The minimum absolute atomic E-state index is 0.0148. The van der Waals surface area contributed by atoms with E-state index in [1.165, 1.54) is 28.0 Å². The Labute approximate surface area is 255 Å². The Morgan fingerprint density at radius 2 is 1.77 bits per heavy atom. The molecular formula is C21H24FN9O9P2S2. The van der Waals surface area contributed by atoms with Crippen molar-refractivity contribution in [3.63, 3.8) is 0 Å². The topological polar surface area (TPSA) is 242 Å². The van der Waals surface area contributed by atoms with Gasteiger partial charge in [-0.3, -0.25) is 18.9 Å². The number of nitrogens with zero attached hydrogens (tertiary/aromatic N) is 6. The second kappa shape index (κ2) is 11.1. The predicted molar refractivity (Wildman–Crippen MR) is 156 cm³/mol. The third-order valence-electron chi connectivity index (χ3n) is 7.30. The molecule has 0 aromatic carbocycles. The van der Waals surface area contributed by atoms with E-state index < -0.39 is 68.6 Å². The van der Waals surface area contributed by atoms with Gasteiger partial charge in [-0.15, -0.1) is 0 Å². The maximum atomic E-state index is 16.0. The number of H-pyrrole nitrogens is 1. The lowest BCUT2D eigenvalue weighted by atomic mass is 10.1. The Morgan fingerprint density at radius 3 is 2.59 bits per heavy atom. The molecule has 3 fully saturated rings. The molecule has 7 N–H and O–H groups in total. The van der Waals surface area contributed by atoms with E-state index in [0.717, 1.165) is 0 Å². The summed E-state index contributed by atoms with van der Waals surface area (Å²) >= 11 is 10.5. The monoisotopic (exact) mass is 691 g/mol. The van der Waals surface area contributed by atoms with E-state index in [1.807, 2.05) is 0 Å². The van der Waals surface area contributed by atoms with Crippen molar-refractivity contribution in [2.24, 2.45) is 0 Å². The molecule has 0 saturated carbocycles. The van der Waals surface area contributed by atoms with Gasteiger partial charge in [0.25, 0.3) is 5.56 Å². The van der Waals surface area contributed by atoms with Crippen LogP contribution in [0.3, 0.4) is 0 Å². The average Bonchev–Trinajstić information content (AvgIpc) is 3.72. The number of fused-ring (bicyclic) bond motifs is 5. The highest BCUT2D eigenvalue weighted by Gasteiger charge is 2.51. The number of imidazole rings is 1. The van der Waals surface area contributed by atoms with Crippen molar-refractivity contribution in [2.75, 3.05) is 24.7 Å². The summed E-state index contributed by atoms with van der Waals surface area (Å²) < 4.78 is 53.5. The van der Waals surface area contributed by atoms with Gasteiger partial charge in [0.1, 0.15) is 36.1 Å². The number of hydrogen-bond donors (Lipinski definition) is 5. The van der Waals surface area contributed by atoms with Crippen molar-refractivity contribution in [2.45, 2.75) is 49.5 Å². The molecule has 7 rings (SSSR count). The highest BCUT2D eigenvalue weighted by Crippen LogP contribution is 2.54. The lowest BCUT2D eigenvalue weighted by Gasteiger charge is -2.27. The molecule has 3 aliphatic rings. The molecule has 3 saturated heterocycles. The highest BCUT2D eigenvalue weighted by molar-refractivity contribution is 8.07. The predicted octanol–water partition coefficient (Wildman–Crippen LogP) is 0.503. The molecule has 44 heavy (non-hydrogen) atoms. The zero-order valence-electron chi connectivity index (χ0n) is 22.2. The summed E-state index contributed by atoms with van der Waals surface area (Å²) in [5.41, 5.74) is 11.4. The third-order valence-corrected chi connectivity index (χ3v) is 10.4. The van der Waals surface area contributed by atoms with Crippen LogP contribution in [0.2, 0.25) is 0 Å². The molecule has 2 bridgehead atoms. The van der Waals surface area contributed by atoms with Crippen molar-refractivity contribution in [1.29, 1.82) is 0 Å². The van der Waals surface area contributed by atoms with Crippen molar-refractivity contribution < 1.29 is 41.7 Å². The van der Waals surface area contributed by atoms with Gasteiger partial charge in [-0.25, -0.2) is 19.3 Å². The van der Waals surface area contributed by atoms with Crippen molar-refractivity contribution in [1.82, 2.24) is 34.1 Å². The van der Waals surface area contributed by atoms with Crippen LogP contribution < -0.4 is 17.0 Å². The average molecular weight is 692 g/mol. The van der Waals surface area contributed by atoms with E-state index in [2.05, 4.69) is 24.9 Å². The summed E-state index contributed by atoms with van der Waals surface area (Å²) in [5.74, 6) is 0.0291. The summed E-state index contributed by atoms with van der Waals surface area (Å²) in [5, 5.41) is 0.468. The van der Waals surface area contributed by atoms with E-state index >= 15 is 4.39 Å². The summed E-state index contributed by atoms with van der Waals surface area (Å²) in [4.78, 5) is 53.0. The lowest BCUT2D eigenvalue weighted by Crippen LogP contribution is -2.34. The first-order valence-corrected chi connectivity index (χ1v) is 18.1. The van der Waals surface area contributed by atoms with E-state index in [1.54, 1.807) is 6.07 Å². The number of nitrogen functional groups attached to an aromatic ring is 2. The first-order valence-electron chi connectivity index (χ1n) is 12.9. The number of nitrogens with one attached hydrogen (secondary N) is 1. The Kier molecular flexibility index (Phi) is 7.59. The summed E-state index contributed by atoms with van der Waals surface area (Å²) in [6.07, 6.45) is -4.66. The van der Waals surface area contributed by atoms with Crippen LogP contribution in [0.25, 0.3) is 22.2 Å². The van der Waals surface area contributed by atoms with Gasteiger partial charge in [0.15, 0.2) is 29.8 Å². The molecule has 7 heterocycles. The molecule has 18 nitrogen and oxygen atoms in total. The van der Waals surface area contributed by atoms with Crippen molar-refractivity contribution >= 4 is 71.0 Å². The smallest absolute Gasteiger partial charge is 0.325 e. The Hall–Kier alpha value is -2.52. The van der Waals surface area contributed by atoms with Gasteiger partial charge in [-0.05, 0) is 29.7 Å². The van der Waals surface area contributed by atoms with Gasteiger partial charge in [0.05, 0.1) is 31.0 Å². The highest BCUT2D eigenvalue weighted by atomic mass is 32.5.